The standard InChI is InChI=1S/C13H23NO/c1-3-5-6-7-12-8-10-14(9-4-2)13(15)11-12/h4,12H,2-3,5-11H2,1H3. The zero-order chi connectivity index (χ0) is 11.1. The van der Waals surface area contributed by atoms with Gasteiger partial charge >= 0.3 is 0 Å². The molecule has 2 heteroatoms. The Hall–Kier alpha value is -0.790. The largest absolute Gasteiger partial charge is 0.339 e. The third kappa shape index (κ3) is 4.06. The number of carbonyl (C=O) groups excluding carboxylic acids is 1. The molecule has 0 N–H and O–H groups in total. The van der Waals surface area contributed by atoms with Gasteiger partial charge in [0, 0.05) is 19.5 Å². The first-order chi connectivity index (χ1) is 7.27. The Kier molecular flexibility index (Phi) is 5.44. The van der Waals surface area contributed by atoms with Gasteiger partial charge < -0.3 is 4.90 Å². The van der Waals surface area contributed by atoms with Gasteiger partial charge in [-0.15, -0.1) is 6.58 Å². The lowest BCUT2D eigenvalue weighted by Crippen LogP contribution is -2.38. The number of hydrogen-bond acceptors (Lipinski definition) is 1. The average Bonchev–Trinajstić information content (AvgIpc) is 2.23. The summed E-state index contributed by atoms with van der Waals surface area (Å²) in [7, 11) is 0. The number of hydrogen-bond donors (Lipinski definition) is 0. The summed E-state index contributed by atoms with van der Waals surface area (Å²) in [4.78, 5) is 13.6. The van der Waals surface area contributed by atoms with Gasteiger partial charge in [0.1, 0.15) is 0 Å². The van der Waals surface area contributed by atoms with Gasteiger partial charge in [-0.3, -0.25) is 4.79 Å². The quantitative estimate of drug-likeness (QED) is 0.486. The van der Waals surface area contributed by atoms with E-state index < -0.39 is 0 Å². The second-order valence-corrected chi connectivity index (χ2v) is 4.48. The van der Waals surface area contributed by atoms with Crippen LogP contribution in [0.1, 0.15) is 45.4 Å². The van der Waals surface area contributed by atoms with Crippen molar-refractivity contribution in [3.8, 4) is 0 Å². The molecule has 1 amide bonds. The van der Waals surface area contributed by atoms with Crippen LogP contribution in [-0.2, 0) is 4.79 Å². The van der Waals surface area contributed by atoms with Crippen molar-refractivity contribution in [1.29, 1.82) is 0 Å². The number of piperidine rings is 1. The summed E-state index contributed by atoms with van der Waals surface area (Å²) in [5.74, 6) is 0.966. The fraction of sp³-hybridized carbons (Fsp3) is 0.769. The van der Waals surface area contributed by atoms with Crippen molar-refractivity contribution in [2.45, 2.75) is 45.4 Å². The van der Waals surface area contributed by atoms with Gasteiger partial charge in [0.15, 0.2) is 0 Å². The second-order valence-electron chi connectivity index (χ2n) is 4.48. The highest BCUT2D eigenvalue weighted by molar-refractivity contribution is 5.77. The third-order valence-electron chi connectivity index (χ3n) is 3.19. The van der Waals surface area contributed by atoms with Crippen LogP contribution < -0.4 is 0 Å². The minimum atomic E-state index is 0.322. The van der Waals surface area contributed by atoms with Gasteiger partial charge in [0.25, 0.3) is 0 Å². The van der Waals surface area contributed by atoms with Crippen LogP contribution in [0.15, 0.2) is 12.7 Å². The number of rotatable bonds is 6. The fourth-order valence-electron chi connectivity index (χ4n) is 2.22. The summed E-state index contributed by atoms with van der Waals surface area (Å²) < 4.78 is 0. The van der Waals surface area contributed by atoms with Crippen LogP contribution in [0.2, 0.25) is 0 Å². The fourth-order valence-corrected chi connectivity index (χ4v) is 2.22. The smallest absolute Gasteiger partial charge is 0.223 e. The van der Waals surface area contributed by atoms with Gasteiger partial charge in [-0.05, 0) is 18.8 Å². The summed E-state index contributed by atoms with van der Waals surface area (Å²) in [6.07, 6.45) is 8.86. The third-order valence-corrected chi connectivity index (χ3v) is 3.19. The Morgan fingerprint density at radius 3 is 2.93 bits per heavy atom. The van der Waals surface area contributed by atoms with Crippen molar-refractivity contribution in [2.75, 3.05) is 13.1 Å². The van der Waals surface area contributed by atoms with Gasteiger partial charge in [-0.25, -0.2) is 0 Å². The Balaban J connectivity index is 2.24. The predicted molar refractivity (Wildman–Crippen MR) is 63.6 cm³/mol. The molecule has 1 unspecified atom stereocenters. The highest BCUT2D eigenvalue weighted by atomic mass is 16.2. The van der Waals surface area contributed by atoms with Crippen LogP contribution in [0.5, 0.6) is 0 Å². The molecule has 0 radical (unpaired) electrons. The molecular formula is C13H23NO. The van der Waals surface area contributed by atoms with Crippen LogP contribution in [-0.4, -0.2) is 23.9 Å². The highest BCUT2D eigenvalue weighted by Gasteiger charge is 2.24. The Morgan fingerprint density at radius 1 is 1.53 bits per heavy atom. The molecule has 1 aliphatic heterocycles. The monoisotopic (exact) mass is 209 g/mol. The molecule has 0 aromatic heterocycles. The number of unbranched alkanes of at least 4 members (excludes halogenated alkanes) is 2. The van der Waals surface area contributed by atoms with E-state index in [1.807, 2.05) is 11.0 Å². The lowest BCUT2D eigenvalue weighted by Gasteiger charge is -2.31. The van der Waals surface area contributed by atoms with Crippen molar-refractivity contribution >= 4 is 5.91 Å². The van der Waals surface area contributed by atoms with Crippen molar-refractivity contribution < 1.29 is 4.79 Å². The molecule has 0 aromatic rings. The molecule has 0 spiro atoms. The van der Waals surface area contributed by atoms with Gasteiger partial charge in [-0.1, -0.05) is 32.3 Å². The minimum absolute atomic E-state index is 0.322. The van der Waals surface area contributed by atoms with Gasteiger partial charge in [0.05, 0.1) is 0 Å². The average molecular weight is 209 g/mol. The summed E-state index contributed by atoms with van der Waals surface area (Å²) in [5, 5.41) is 0. The summed E-state index contributed by atoms with van der Waals surface area (Å²) in [6.45, 7) is 7.55. The molecule has 1 atom stereocenters. The van der Waals surface area contributed by atoms with Crippen LogP contribution in [0.3, 0.4) is 0 Å². The topological polar surface area (TPSA) is 20.3 Å². The molecular weight excluding hydrogens is 186 g/mol. The maximum absolute atomic E-state index is 11.7. The van der Waals surface area contributed by atoms with Gasteiger partial charge in [-0.2, -0.15) is 0 Å². The van der Waals surface area contributed by atoms with Crippen LogP contribution >= 0.6 is 0 Å². The molecule has 2 nitrogen and oxygen atoms in total. The van der Waals surface area contributed by atoms with E-state index in [9.17, 15) is 4.79 Å². The maximum Gasteiger partial charge on any atom is 0.223 e. The second kappa shape index (κ2) is 6.65. The number of nitrogens with zero attached hydrogens (tertiary/aromatic N) is 1. The van der Waals surface area contributed by atoms with Crippen molar-refractivity contribution in [1.82, 2.24) is 4.90 Å². The van der Waals surface area contributed by atoms with E-state index in [0.717, 1.165) is 19.5 Å². The number of amides is 1. The highest BCUT2D eigenvalue weighted by Crippen LogP contribution is 2.23. The van der Waals surface area contributed by atoms with E-state index >= 15 is 0 Å². The molecule has 0 aromatic carbocycles. The minimum Gasteiger partial charge on any atom is -0.339 e. The van der Waals surface area contributed by atoms with Crippen LogP contribution in [0.4, 0.5) is 0 Å². The Labute approximate surface area is 93.3 Å². The first-order valence-electron chi connectivity index (χ1n) is 6.16. The van der Waals surface area contributed by atoms with Crippen LogP contribution in [0, 0.1) is 5.92 Å². The number of carbonyl (C=O) groups is 1. The molecule has 1 aliphatic rings. The van der Waals surface area contributed by atoms with E-state index in [1.54, 1.807) is 0 Å². The summed E-state index contributed by atoms with van der Waals surface area (Å²) >= 11 is 0. The molecule has 1 rings (SSSR count). The van der Waals surface area contributed by atoms with E-state index in [1.165, 1.54) is 32.1 Å². The zero-order valence-corrected chi connectivity index (χ0v) is 9.87. The van der Waals surface area contributed by atoms with Gasteiger partial charge in [0.2, 0.25) is 5.91 Å². The summed E-state index contributed by atoms with van der Waals surface area (Å²) in [5.41, 5.74) is 0. The lowest BCUT2D eigenvalue weighted by atomic mass is 9.91. The van der Waals surface area contributed by atoms with E-state index in [2.05, 4.69) is 13.5 Å². The van der Waals surface area contributed by atoms with E-state index in [0.29, 0.717) is 11.8 Å². The van der Waals surface area contributed by atoms with Crippen molar-refractivity contribution in [3.05, 3.63) is 12.7 Å². The molecule has 0 bridgehead atoms. The molecule has 0 saturated carbocycles. The zero-order valence-electron chi connectivity index (χ0n) is 9.87. The molecule has 1 fully saturated rings. The molecule has 86 valence electrons. The maximum atomic E-state index is 11.7. The summed E-state index contributed by atoms with van der Waals surface area (Å²) in [6, 6.07) is 0. The molecule has 15 heavy (non-hydrogen) atoms. The first kappa shape index (κ1) is 12.3. The Morgan fingerprint density at radius 2 is 2.33 bits per heavy atom. The first-order valence-corrected chi connectivity index (χ1v) is 6.16. The normalized spacial score (nSPS) is 21.8. The predicted octanol–water partition coefficient (Wildman–Crippen LogP) is 2.99. The Bertz CT molecular complexity index is 213. The lowest BCUT2D eigenvalue weighted by molar-refractivity contribution is -0.134. The van der Waals surface area contributed by atoms with Crippen LogP contribution in [0.25, 0.3) is 0 Å². The van der Waals surface area contributed by atoms with E-state index in [-0.39, 0.29) is 0 Å². The SMILES string of the molecule is C=CCN1CCC(CCCCC)CC1=O. The van der Waals surface area contributed by atoms with Crippen molar-refractivity contribution in [2.24, 2.45) is 5.92 Å². The molecule has 1 heterocycles. The molecule has 1 saturated heterocycles. The van der Waals surface area contributed by atoms with E-state index in [4.69, 9.17) is 0 Å². The number of likely N-dealkylation sites (tertiary alicyclic amines) is 1. The van der Waals surface area contributed by atoms with Crippen molar-refractivity contribution in [3.63, 3.8) is 0 Å². The molecule has 0 aliphatic carbocycles.